The minimum Gasteiger partial charge on any atom is -0.496 e. The smallest absolute Gasteiger partial charge is 0.133 e. The lowest BCUT2D eigenvalue weighted by molar-refractivity contribution is 0.412. The van der Waals surface area contributed by atoms with Gasteiger partial charge in [-0.05, 0) is 51.8 Å². The van der Waals surface area contributed by atoms with Gasteiger partial charge >= 0.3 is 0 Å². The quantitative estimate of drug-likeness (QED) is 0.696. The highest BCUT2D eigenvalue weighted by molar-refractivity contribution is 9.10. The van der Waals surface area contributed by atoms with Crippen molar-refractivity contribution >= 4 is 27.8 Å². The number of pyridine rings is 1. The molecule has 0 saturated carbocycles. The minimum atomic E-state index is 0.800. The van der Waals surface area contributed by atoms with E-state index in [-0.39, 0.29) is 0 Å². The molecule has 2 rings (SSSR count). The molecule has 2 aromatic rings. The molecule has 1 N–H and O–H groups in total. The second-order valence-corrected chi connectivity index (χ2v) is 4.35. The van der Waals surface area contributed by atoms with E-state index in [0.717, 1.165) is 21.5 Å². The molecule has 1 aromatic heterocycles. The number of hydrazone groups is 1. The molecule has 4 nitrogen and oxygen atoms in total. The maximum absolute atomic E-state index is 5.16. The van der Waals surface area contributed by atoms with Gasteiger partial charge < -0.3 is 4.74 Å². The summed E-state index contributed by atoms with van der Waals surface area (Å²) in [5, 5.41) is 4.14. The molecule has 0 atom stereocenters. The average molecular weight is 306 g/mol. The van der Waals surface area contributed by atoms with Crippen LogP contribution in [0.4, 0.5) is 5.69 Å². The Morgan fingerprint density at radius 2 is 2.06 bits per heavy atom. The molecule has 5 heteroatoms. The number of hydrogen-bond acceptors (Lipinski definition) is 4. The van der Waals surface area contributed by atoms with Gasteiger partial charge in [-0.15, -0.1) is 0 Å². The number of hydrogen-bond donors (Lipinski definition) is 1. The van der Waals surface area contributed by atoms with Crippen molar-refractivity contribution in [2.24, 2.45) is 5.10 Å². The molecule has 0 unspecified atom stereocenters. The van der Waals surface area contributed by atoms with Gasteiger partial charge in [0.15, 0.2) is 0 Å². The van der Waals surface area contributed by atoms with Gasteiger partial charge in [-0.2, -0.15) is 5.10 Å². The zero-order chi connectivity index (χ0) is 12.8. The van der Waals surface area contributed by atoms with E-state index < -0.39 is 0 Å². The molecule has 0 aliphatic carbocycles. The van der Waals surface area contributed by atoms with Crippen LogP contribution < -0.4 is 10.2 Å². The first kappa shape index (κ1) is 12.6. The van der Waals surface area contributed by atoms with Crippen LogP contribution in [-0.2, 0) is 0 Å². The second-order valence-electron chi connectivity index (χ2n) is 3.50. The van der Waals surface area contributed by atoms with Crippen molar-refractivity contribution in [3.63, 3.8) is 0 Å². The number of nitrogens with zero attached hydrogens (tertiary/aromatic N) is 2. The van der Waals surface area contributed by atoms with Gasteiger partial charge in [0.05, 0.1) is 23.5 Å². The van der Waals surface area contributed by atoms with E-state index in [2.05, 4.69) is 31.4 Å². The van der Waals surface area contributed by atoms with Crippen LogP contribution in [0.1, 0.15) is 5.56 Å². The number of halogens is 1. The molecule has 18 heavy (non-hydrogen) atoms. The summed E-state index contributed by atoms with van der Waals surface area (Å²) in [7, 11) is 1.64. The molecule has 0 saturated heterocycles. The fourth-order valence-corrected chi connectivity index (χ4v) is 1.93. The van der Waals surface area contributed by atoms with Crippen molar-refractivity contribution in [2.45, 2.75) is 0 Å². The van der Waals surface area contributed by atoms with Gasteiger partial charge in [0.25, 0.3) is 0 Å². The zero-order valence-corrected chi connectivity index (χ0v) is 11.4. The molecular weight excluding hydrogens is 294 g/mol. The molecule has 0 bridgehead atoms. The summed E-state index contributed by atoms with van der Waals surface area (Å²) in [6, 6.07) is 9.46. The third kappa shape index (κ3) is 3.30. The third-order valence-electron chi connectivity index (χ3n) is 2.26. The Morgan fingerprint density at radius 1 is 1.28 bits per heavy atom. The predicted octanol–water partition coefficient (Wildman–Crippen LogP) is 3.30. The number of nitrogens with one attached hydrogen (secondary N) is 1. The van der Waals surface area contributed by atoms with Crippen molar-refractivity contribution in [3.8, 4) is 5.75 Å². The number of methoxy groups -OCH3 is 1. The molecule has 0 radical (unpaired) electrons. The summed E-state index contributed by atoms with van der Waals surface area (Å²) in [6.07, 6.45) is 5.16. The summed E-state index contributed by atoms with van der Waals surface area (Å²) in [6.45, 7) is 0. The minimum absolute atomic E-state index is 0.800. The molecule has 0 fully saturated rings. The summed E-state index contributed by atoms with van der Waals surface area (Å²) in [4.78, 5) is 3.93. The Kier molecular flexibility index (Phi) is 4.30. The molecule has 0 amide bonds. The van der Waals surface area contributed by atoms with E-state index in [9.17, 15) is 0 Å². The number of anilines is 1. The Labute approximate surface area is 114 Å². The van der Waals surface area contributed by atoms with Crippen molar-refractivity contribution in [1.29, 1.82) is 0 Å². The van der Waals surface area contributed by atoms with Crippen LogP contribution in [0.15, 0.2) is 52.3 Å². The molecule has 0 aliphatic rings. The SMILES string of the molecule is COc1ccc(/C=N/Nc2ccncc2)cc1Br. The van der Waals surface area contributed by atoms with Gasteiger partial charge in [-0.25, -0.2) is 0 Å². The van der Waals surface area contributed by atoms with Crippen molar-refractivity contribution in [2.75, 3.05) is 12.5 Å². The average Bonchev–Trinajstić information content (AvgIpc) is 2.40. The van der Waals surface area contributed by atoms with Crippen LogP contribution >= 0.6 is 15.9 Å². The molecule has 0 aliphatic heterocycles. The summed E-state index contributed by atoms with van der Waals surface area (Å²) in [5.41, 5.74) is 4.80. The first-order valence-corrected chi connectivity index (χ1v) is 6.11. The lowest BCUT2D eigenvalue weighted by Gasteiger charge is -2.03. The summed E-state index contributed by atoms with van der Waals surface area (Å²) >= 11 is 3.43. The van der Waals surface area contributed by atoms with Crippen LogP contribution in [-0.4, -0.2) is 18.3 Å². The van der Waals surface area contributed by atoms with Gasteiger partial charge in [0, 0.05) is 12.4 Å². The fourth-order valence-electron chi connectivity index (χ4n) is 1.37. The van der Waals surface area contributed by atoms with Gasteiger partial charge in [-0.3, -0.25) is 10.4 Å². The van der Waals surface area contributed by atoms with Crippen LogP contribution in [0.5, 0.6) is 5.75 Å². The highest BCUT2D eigenvalue weighted by Gasteiger charge is 1.99. The highest BCUT2D eigenvalue weighted by Crippen LogP contribution is 2.24. The van der Waals surface area contributed by atoms with Crippen molar-refractivity contribution in [1.82, 2.24) is 4.98 Å². The van der Waals surface area contributed by atoms with E-state index in [1.807, 2.05) is 30.3 Å². The first-order valence-electron chi connectivity index (χ1n) is 5.32. The van der Waals surface area contributed by atoms with Gasteiger partial charge in [0.1, 0.15) is 5.75 Å². The Bertz CT molecular complexity index is 543. The topological polar surface area (TPSA) is 46.5 Å². The Balaban J connectivity index is 2.03. The molecule has 92 valence electrons. The Hall–Kier alpha value is -1.88. The van der Waals surface area contributed by atoms with Crippen molar-refractivity contribution in [3.05, 3.63) is 52.8 Å². The van der Waals surface area contributed by atoms with E-state index in [4.69, 9.17) is 4.74 Å². The molecule has 0 spiro atoms. The fraction of sp³-hybridized carbons (Fsp3) is 0.0769. The normalized spacial score (nSPS) is 10.6. The monoisotopic (exact) mass is 305 g/mol. The first-order chi connectivity index (χ1) is 8.79. The Morgan fingerprint density at radius 3 is 2.72 bits per heavy atom. The summed E-state index contributed by atoms with van der Waals surface area (Å²) in [5.74, 6) is 0.800. The van der Waals surface area contributed by atoms with E-state index >= 15 is 0 Å². The third-order valence-corrected chi connectivity index (χ3v) is 2.88. The summed E-state index contributed by atoms with van der Waals surface area (Å²) < 4.78 is 6.06. The van der Waals surface area contributed by atoms with E-state index in [1.165, 1.54) is 0 Å². The lowest BCUT2D eigenvalue weighted by atomic mass is 10.2. The molecule has 1 heterocycles. The molecule has 1 aromatic carbocycles. The van der Waals surface area contributed by atoms with Crippen LogP contribution in [0, 0.1) is 0 Å². The van der Waals surface area contributed by atoms with Crippen LogP contribution in [0.25, 0.3) is 0 Å². The second kappa shape index (κ2) is 6.16. The van der Waals surface area contributed by atoms with Gasteiger partial charge in [0.2, 0.25) is 0 Å². The zero-order valence-electron chi connectivity index (χ0n) is 9.80. The van der Waals surface area contributed by atoms with E-state index in [0.29, 0.717) is 0 Å². The van der Waals surface area contributed by atoms with Crippen LogP contribution in [0.3, 0.4) is 0 Å². The number of aromatic nitrogens is 1. The van der Waals surface area contributed by atoms with Crippen molar-refractivity contribution < 1.29 is 4.74 Å². The number of rotatable bonds is 4. The maximum Gasteiger partial charge on any atom is 0.133 e. The standard InChI is InChI=1S/C13H12BrN3O/c1-18-13-3-2-10(8-12(13)14)9-16-17-11-4-6-15-7-5-11/h2-9H,1H3,(H,15,17)/b16-9+. The highest BCUT2D eigenvalue weighted by atomic mass is 79.9. The predicted molar refractivity (Wildman–Crippen MR) is 76.1 cm³/mol. The lowest BCUT2D eigenvalue weighted by Crippen LogP contribution is -1.91. The number of ether oxygens (including phenoxy) is 1. The van der Waals surface area contributed by atoms with Gasteiger partial charge in [-0.1, -0.05) is 0 Å². The molecular formula is C13H12BrN3O. The van der Waals surface area contributed by atoms with E-state index in [1.54, 1.807) is 25.7 Å². The number of benzene rings is 1. The maximum atomic E-state index is 5.16. The largest absolute Gasteiger partial charge is 0.496 e. The van der Waals surface area contributed by atoms with Crippen LogP contribution in [0.2, 0.25) is 0 Å².